The summed E-state index contributed by atoms with van der Waals surface area (Å²) in [7, 11) is 0. The number of halogens is 3. The molecule has 0 heterocycles. The van der Waals surface area contributed by atoms with Gasteiger partial charge in [-0.15, -0.1) is 0 Å². The van der Waals surface area contributed by atoms with Crippen LogP contribution < -0.4 is 5.32 Å². The lowest BCUT2D eigenvalue weighted by atomic mass is 9.99. The van der Waals surface area contributed by atoms with Crippen molar-refractivity contribution >= 4 is 45.8 Å². The van der Waals surface area contributed by atoms with Crippen LogP contribution in [0.1, 0.15) is 24.1 Å². The van der Waals surface area contributed by atoms with Crippen LogP contribution in [-0.4, -0.2) is 6.54 Å². The summed E-state index contributed by atoms with van der Waals surface area (Å²) in [6.07, 6.45) is 0. The minimum absolute atomic E-state index is 0.132. The largest absolute Gasteiger partial charge is 0.306 e. The Morgan fingerprint density at radius 1 is 1.05 bits per heavy atom. The predicted molar refractivity (Wildman–Crippen MR) is 91.1 cm³/mol. The first-order valence-electron chi connectivity index (χ1n) is 6.05. The Labute approximate surface area is 137 Å². The fourth-order valence-corrected chi connectivity index (χ4v) is 2.96. The number of benzene rings is 2. The Kier molecular flexibility index (Phi) is 5.51. The highest BCUT2D eigenvalue weighted by Crippen LogP contribution is 2.29. The van der Waals surface area contributed by atoms with Crippen LogP contribution in [0.15, 0.2) is 42.5 Å². The smallest absolute Gasteiger partial charge is 0.0587 e. The van der Waals surface area contributed by atoms with Crippen molar-refractivity contribution in [2.24, 2.45) is 0 Å². The standard InChI is InChI=1S/C15H14Cl2IN/c1-2-19-15(10-3-5-11(16)6-4-10)13-9-12(17)7-8-14(13)18/h3-9,15,19H,2H2,1H3. The molecular formula is C15H14Cl2IN. The molecule has 0 fully saturated rings. The fraction of sp³-hybridized carbons (Fsp3) is 0.200. The van der Waals surface area contributed by atoms with Crippen LogP contribution in [0.3, 0.4) is 0 Å². The third kappa shape index (κ3) is 3.85. The maximum atomic E-state index is 6.12. The van der Waals surface area contributed by atoms with Crippen LogP contribution in [0, 0.1) is 3.57 Å². The highest BCUT2D eigenvalue weighted by molar-refractivity contribution is 14.1. The topological polar surface area (TPSA) is 12.0 Å². The molecule has 0 bridgehead atoms. The summed E-state index contributed by atoms with van der Waals surface area (Å²) in [5.74, 6) is 0. The summed E-state index contributed by atoms with van der Waals surface area (Å²) in [4.78, 5) is 0. The van der Waals surface area contributed by atoms with E-state index in [9.17, 15) is 0 Å². The molecule has 0 aliphatic heterocycles. The van der Waals surface area contributed by atoms with E-state index in [4.69, 9.17) is 23.2 Å². The molecule has 1 atom stereocenters. The quantitative estimate of drug-likeness (QED) is 0.680. The number of nitrogens with one attached hydrogen (secondary N) is 1. The summed E-state index contributed by atoms with van der Waals surface area (Å²) in [5, 5.41) is 5.00. The van der Waals surface area contributed by atoms with Gasteiger partial charge in [0.15, 0.2) is 0 Å². The Morgan fingerprint density at radius 2 is 1.68 bits per heavy atom. The molecule has 0 radical (unpaired) electrons. The molecule has 1 N–H and O–H groups in total. The Bertz CT molecular complexity index is 555. The van der Waals surface area contributed by atoms with E-state index in [1.807, 2.05) is 42.5 Å². The van der Waals surface area contributed by atoms with Crippen molar-refractivity contribution in [2.75, 3.05) is 6.54 Å². The van der Waals surface area contributed by atoms with E-state index < -0.39 is 0 Å². The molecule has 4 heteroatoms. The van der Waals surface area contributed by atoms with Crippen molar-refractivity contribution in [1.82, 2.24) is 5.32 Å². The van der Waals surface area contributed by atoms with Gasteiger partial charge < -0.3 is 5.32 Å². The average molecular weight is 406 g/mol. The molecule has 0 saturated carbocycles. The van der Waals surface area contributed by atoms with Gasteiger partial charge >= 0.3 is 0 Å². The van der Waals surface area contributed by atoms with Crippen LogP contribution >= 0.6 is 45.8 Å². The lowest BCUT2D eigenvalue weighted by Crippen LogP contribution is -2.22. The third-order valence-corrected chi connectivity index (χ3v) is 4.35. The molecule has 1 nitrogen and oxygen atoms in total. The molecule has 2 aromatic rings. The molecule has 0 saturated heterocycles. The summed E-state index contributed by atoms with van der Waals surface area (Å²) in [6.45, 7) is 2.98. The second-order valence-electron chi connectivity index (χ2n) is 4.21. The number of hydrogen-bond donors (Lipinski definition) is 1. The summed E-state index contributed by atoms with van der Waals surface area (Å²) < 4.78 is 1.20. The molecule has 100 valence electrons. The molecule has 2 rings (SSSR count). The van der Waals surface area contributed by atoms with E-state index >= 15 is 0 Å². The van der Waals surface area contributed by atoms with Crippen molar-refractivity contribution < 1.29 is 0 Å². The van der Waals surface area contributed by atoms with Gasteiger partial charge in [0.05, 0.1) is 6.04 Å². The van der Waals surface area contributed by atoms with E-state index in [0.717, 1.165) is 16.6 Å². The highest BCUT2D eigenvalue weighted by atomic mass is 127. The van der Waals surface area contributed by atoms with Gasteiger partial charge in [-0.3, -0.25) is 0 Å². The van der Waals surface area contributed by atoms with Crippen molar-refractivity contribution in [3.63, 3.8) is 0 Å². The van der Waals surface area contributed by atoms with Crippen LogP contribution in [0.4, 0.5) is 0 Å². The van der Waals surface area contributed by atoms with Gasteiger partial charge in [0, 0.05) is 13.6 Å². The molecule has 0 amide bonds. The second kappa shape index (κ2) is 6.93. The Hall–Kier alpha value is -0.290. The molecule has 0 aliphatic carbocycles. The second-order valence-corrected chi connectivity index (χ2v) is 6.24. The lowest BCUT2D eigenvalue weighted by molar-refractivity contribution is 0.628. The summed E-state index contributed by atoms with van der Waals surface area (Å²) in [5.41, 5.74) is 2.38. The minimum atomic E-state index is 0.132. The van der Waals surface area contributed by atoms with Gasteiger partial charge in [-0.25, -0.2) is 0 Å². The summed E-state index contributed by atoms with van der Waals surface area (Å²) in [6, 6.07) is 14.0. The van der Waals surface area contributed by atoms with E-state index in [-0.39, 0.29) is 6.04 Å². The third-order valence-electron chi connectivity index (χ3n) is 2.88. The first-order valence-corrected chi connectivity index (χ1v) is 7.89. The Morgan fingerprint density at radius 3 is 2.32 bits per heavy atom. The lowest BCUT2D eigenvalue weighted by Gasteiger charge is -2.20. The average Bonchev–Trinajstić information content (AvgIpc) is 2.40. The molecule has 1 unspecified atom stereocenters. The number of hydrogen-bond acceptors (Lipinski definition) is 1. The van der Waals surface area contributed by atoms with Crippen LogP contribution in [-0.2, 0) is 0 Å². The molecule has 19 heavy (non-hydrogen) atoms. The molecule has 2 aromatic carbocycles. The zero-order chi connectivity index (χ0) is 13.8. The normalized spacial score (nSPS) is 12.4. The molecule has 0 spiro atoms. The monoisotopic (exact) mass is 405 g/mol. The van der Waals surface area contributed by atoms with Crippen molar-refractivity contribution in [2.45, 2.75) is 13.0 Å². The minimum Gasteiger partial charge on any atom is -0.306 e. The van der Waals surface area contributed by atoms with Crippen LogP contribution in [0.5, 0.6) is 0 Å². The van der Waals surface area contributed by atoms with Gasteiger partial charge in [-0.05, 0) is 70.6 Å². The first-order chi connectivity index (χ1) is 9.11. The summed E-state index contributed by atoms with van der Waals surface area (Å²) >= 11 is 14.4. The predicted octanol–water partition coefficient (Wildman–Crippen LogP) is 5.30. The Balaban J connectivity index is 2.44. The number of rotatable bonds is 4. The van der Waals surface area contributed by atoms with Gasteiger partial charge in [0.1, 0.15) is 0 Å². The molecule has 0 aromatic heterocycles. The maximum absolute atomic E-state index is 6.12. The zero-order valence-electron chi connectivity index (χ0n) is 10.5. The maximum Gasteiger partial charge on any atom is 0.0587 e. The van der Waals surface area contributed by atoms with Crippen LogP contribution in [0.25, 0.3) is 0 Å². The molecular weight excluding hydrogens is 392 g/mol. The fourth-order valence-electron chi connectivity index (χ4n) is 2.00. The van der Waals surface area contributed by atoms with E-state index in [2.05, 4.69) is 34.8 Å². The van der Waals surface area contributed by atoms with Crippen molar-refractivity contribution in [3.8, 4) is 0 Å². The van der Waals surface area contributed by atoms with Crippen molar-refractivity contribution in [3.05, 3.63) is 67.2 Å². The van der Waals surface area contributed by atoms with Gasteiger partial charge in [-0.1, -0.05) is 42.3 Å². The van der Waals surface area contributed by atoms with Gasteiger partial charge in [0.25, 0.3) is 0 Å². The van der Waals surface area contributed by atoms with E-state index in [1.54, 1.807) is 0 Å². The van der Waals surface area contributed by atoms with Gasteiger partial charge in [0.2, 0.25) is 0 Å². The highest BCUT2D eigenvalue weighted by Gasteiger charge is 2.16. The van der Waals surface area contributed by atoms with E-state index in [1.165, 1.54) is 14.7 Å². The molecule has 0 aliphatic rings. The SMILES string of the molecule is CCNC(c1ccc(Cl)cc1)c1cc(Cl)ccc1I. The van der Waals surface area contributed by atoms with E-state index in [0.29, 0.717) is 0 Å². The van der Waals surface area contributed by atoms with Gasteiger partial charge in [-0.2, -0.15) is 0 Å². The zero-order valence-corrected chi connectivity index (χ0v) is 14.1. The first kappa shape index (κ1) is 15.1. The van der Waals surface area contributed by atoms with Crippen LogP contribution in [0.2, 0.25) is 10.0 Å². The van der Waals surface area contributed by atoms with Crippen molar-refractivity contribution in [1.29, 1.82) is 0 Å².